The fourth-order valence-corrected chi connectivity index (χ4v) is 2.03. The van der Waals surface area contributed by atoms with Crippen LogP contribution in [0.5, 0.6) is 0 Å². The van der Waals surface area contributed by atoms with Crippen LogP contribution < -0.4 is 0 Å². The van der Waals surface area contributed by atoms with Gasteiger partial charge in [-0.1, -0.05) is 0 Å². The number of hydrogen-bond donors (Lipinski definition) is 2. The van der Waals surface area contributed by atoms with Gasteiger partial charge in [0, 0.05) is 6.42 Å². The monoisotopic (exact) mass is 246 g/mol. The molecular formula is C9H10O8. The first-order chi connectivity index (χ1) is 8.02. The molecule has 1 aliphatic rings. The van der Waals surface area contributed by atoms with Crippen LogP contribution in [0, 0.1) is 11.8 Å². The Morgan fingerprint density at radius 1 is 0.941 bits per heavy atom. The van der Waals surface area contributed by atoms with Crippen LogP contribution in [0.25, 0.3) is 0 Å². The third-order valence-corrected chi connectivity index (χ3v) is 2.68. The summed E-state index contributed by atoms with van der Waals surface area (Å²) in [6.07, 6.45) is -2.38. The molecule has 1 saturated carbocycles. The van der Waals surface area contributed by atoms with Crippen LogP contribution in [0.3, 0.4) is 0 Å². The van der Waals surface area contributed by atoms with Gasteiger partial charge in [-0.2, -0.15) is 0 Å². The maximum absolute atomic E-state index is 10.9. The maximum atomic E-state index is 10.9. The standard InChI is InChI=1S/C9H10O8/c10-2-16-4-1-5(17-3-11)7(9(14)15)6(4)8(12)13/h2-7H,1H2,(H,12,13)(H,14,15). The highest BCUT2D eigenvalue weighted by atomic mass is 16.5. The van der Waals surface area contributed by atoms with E-state index < -0.39 is 36.0 Å². The highest BCUT2D eigenvalue weighted by molar-refractivity contribution is 5.82. The van der Waals surface area contributed by atoms with Crippen molar-refractivity contribution < 1.29 is 38.9 Å². The Labute approximate surface area is 95.1 Å². The first-order valence-corrected chi connectivity index (χ1v) is 4.66. The Bertz CT molecular complexity index is 306. The van der Waals surface area contributed by atoms with Gasteiger partial charge in [0.15, 0.2) is 0 Å². The van der Waals surface area contributed by atoms with Gasteiger partial charge in [0.1, 0.15) is 24.0 Å². The van der Waals surface area contributed by atoms with E-state index in [4.69, 9.17) is 10.2 Å². The SMILES string of the molecule is O=COC1CC(OC=O)C(C(=O)O)C1C(=O)O. The van der Waals surface area contributed by atoms with E-state index in [0.29, 0.717) is 0 Å². The van der Waals surface area contributed by atoms with Gasteiger partial charge in [0.2, 0.25) is 0 Å². The fourth-order valence-electron chi connectivity index (χ4n) is 2.03. The van der Waals surface area contributed by atoms with Crippen LogP contribution >= 0.6 is 0 Å². The van der Waals surface area contributed by atoms with Crippen molar-refractivity contribution in [1.82, 2.24) is 0 Å². The summed E-state index contributed by atoms with van der Waals surface area (Å²) >= 11 is 0. The lowest BCUT2D eigenvalue weighted by atomic mass is 9.94. The zero-order valence-corrected chi connectivity index (χ0v) is 8.52. The molecule has 0 aliphatic heterocycles. The van der Waals surface area contributed by atoms with E-state index in [9.17, 15) is 19.2 Å². The van der Waals surface area contributed by atoms with Crippen LogP contribution in [0.1, 0.15) is 6.42 Å². The second-order valence-corrected chi connectivity index (χ2v) is 3.51. The molecule has 0 radical (unpaired) electrons. The zero-order valence-electron chi connectivity index (χ0n) is 8.52. The summed E-state index contributed by atoms with van der Waals surface area (Å²) in [5.74, 6) is -5.69. The lowest BCUT2D eigenvalue weighted by molar-refractivity contribution is -0.161. The van der Waals surface area contributed by atoms with Crippen molar-refractivity contribution in [3.8, 4) is 0 Å². The van der Waals surface area contributed by atoms with E-state index in [1.165, 1.54) is 0 Å². The number of carboxylic acids is 2. The molecule has 8 heteroatoms. The van der Waals surface area contributed by atoms with Gasteiger partial charge in [0.05, 0.1) is 0 Å². The molecule has 94 valence electrons. The highest BCUT2D eigenvalue weighted by Gasteiger charge is 2.53. The molecule has 4 unspecified atom stereocenters. The minimum absolute atomic E-state index is 0.0445. The summed E-state index contributed by atoms with van der Waals surface area (Å²) in [6.45, 7) is 0.0889. The van der Waals surface area contributed by atoms with Crippen LogP contribution in [0.2, 0.25) is 0 Å². The molecule has 0 amide bonds. The van der Waals surface area contributed by atoms with Gasteiger partial charge in [-0.05, 0) is 0 Å². The topological polar surface area (TPSA) is 127 Å². The Morgan fingerprint density at radius 2 is 1.29 bits per heavy atom. The molecule has 2 N–H and O–H groups in total. The van der Waals surface area contributed by atoms with Crippen molar-refractivity contribution in [3.05, 3.63) is 0 Å². The summed E-state index contributed by atoms with van der Waals surface area (Å²) in [5, 5.41) is 17.8. The van der Waals surface area contributed by atoms with Gasteiger partial charge < -0.3 is 19.7 Å². The summed E-state index contributed by atoms with van der Waals surface area (Å²) < 4.78 is 9.03. The Morgan fingerprint density at radius 3 is 1.53 bits per heavy atom. The largest absolute Gasteiger partial charge is 0.481 e. The molecule has 0 aromatic rings. The van der Waals surface area contributed by atoms with Crippen molar-refractivity contribution in [1.29, 1.82) is 0 Å². The second-order valence-electron chi connectivity index (χ2n) is 3.51. The molecule has 4 atom stereocenters. The fraction of sp³-hybridized carbons (Fsp3) is 0.556. The van der Waals surface area contributed by atoms with E-state index in [1.54, 1.807) is 0 Å². The van der Waals surface area contributed by atoms with Crippen molar-refractivity contribution >= 4 is 24.9 Å². The van der Waals surface area contributed by atoms with E-state index >= 15 is 0 Å². The molecule has 0 aromatic heterocycles. The van der Waals surface area contributed by atoms with E-state index in [2.05, 4.69) is 9.47 Å². The lowest BCUT2D eigenvalue weighted by Crippen LogP contribution is -2.36. The number of carbonyl (C=O) groups excluding carboxylic acids is 2. The molecular weight excluding hydrogens is 236 g/mol. The highest BCUT2D eigenvalue weighted by Crippen LogP contribution is 2.36. The predicted molar refractivity (Wildman–Crippen MR) is 48.7 cm³/mol. The number of carboxylic acid groups (broad SMARTS) is 2. The molecule has 1 rings (SSSR count). The molecule has 0 aromatic carbocycles. The number of ether oxygens (including phenoxy) is 2. The van der Waals surface area contributed by atoms with Gasteiger partial charge in [-0.15, -0.1) is 0 Å². The number of carbonyl (C=O) groups is 4. The number of rotatable bonds is 6. The van der Waals surface area contributed by atoms with Crippen molar-refractivity contribution in [3.63, 3.8) is 0 Å². The summed E-state index contributed by atoms with van der Waals surface area (Å²) in [6, 6.07) is 0. The quantitative estimate of drug-likeness (QED) is 0.564. The summed E-state index contributed by atoms with van der Waals surface area (Å²) in [7, 11) is 0. The third kappa shape index (κ3) is 2.52. The Hall–Kier alpha value is -2.12. The molecule has 0 heterocycles. The molecule has 1 aliphatic carbocycles. The Balaban J connectivity index is 2.98. The molecule has 0 saturated heterocycles. The van der Waals surface area contributed by atoms with Crippen molar-refractivity contribution in [2.45, 2.75) is 18.6 Å². The lowest BCUT2D eigenvalue weighted by Gasteiger charge is -2.17. The molecule has 1 fully saturated rings. The first kappa shape index (κ1) is 12.9. The second kappa shape index (κ2) is 5.28. The normalized spacial score (nSPS) is 31.5. The molecule has 0 spiro atoms. The first-order valence-electron chi connectivity index (χ1n) is 4.66. The third-order valence-electron chi connectivity index (χ3n) is 2.68. The molecule has 8 nitrogen and oxygen atoms in total. The number of aliphatic carboxylic acids is 2. The van der Waals surface area contributed by atoms with E-state index in [0.717, 1.165) is 0 Å². The van der Waals surface area contributed by atoms with Gasteiger partial charge in [0.25, 0.3) is 12.9 Å². The summed E-state index contributed by atoms with van der Waals surface area (Å²) in [5.41, 5.74) is 0. The van der Waals surface area contributed by atoms with Crippen LogP contribution in [-0.2, 0) is 28.7 Å². The van der Waals surface area contributed by atoms with Crippen molar-refractivity contribution in [2.24, 2.45) is 11.8 Å². The van der Waals surface area contributed by atoms with Crippen LogP contribution in [-0.4, -0.2) is 47.3 Å². The van der Waals surface area contributed by atoms with Gasteiger partial charge >= 0.3 is 11.9 Å². The Kier molecular flexibility index (Phi) is 4.02. The summed E-state index contributed by atoms with van der Waals surface area (Å²) in [4.78, 5) is 42.3. The van der Waals surface area contributed by atoms with Crippen molar-refractivity contribution in [2.75, 3.05) is 0 Å². The number of hydrogen-bond acceptors (Lipinski definition) is 6. The maximum Gasteiger partial charge on any atom is 0.311 e. The molecule has 17 heavy (non-hydrogen) atoms. The van der Waals surface area contributed by atoms with Crippen LogP contribution in [0.15, 0.2) is 0 Å². The van der Waals surface area contributed by atoms with Gasteiger partial charge in [-0.3, -0.25) is 19.2 Å². The zero-order chi connectivity index (χ0) is 13.0. The minimum atomic E-state index is -1.43. The van der Waals surface area contributed by atoms with Crippen LogP contribution in [0.4, 0.5) is 0 Å². The minimum Gasteiger partial charge on any atom is -0.481 e. The van der Waals surface area contributed by atoms with Gasteiger partial charge in [-0.25, -0.2) is 0 Å². The smallest absolute Gasteiger partial charge is 0.311 e. The average molecular weight is 246 g/mol. The van der Waals surface area contributed by atoms with E-state index in [1.807, 2.05) is 0 Å². The predicted octanol–water partition coefficient (Wildman–Crippen LogP) is -1.13. The average Bonchev–Trinajstić information content (AvgIpc) is 2.58. The van der Waals surface area contributed by atoms with E-state index in [-0.39, 0.29) is 19.4 Å². The molecule has 0 bridgehead atoms.